The number of likely N-dealkylation sites (tertiary alicyclic amines) is 1. The summed E-state index contributed by atoms with van der Waals surface area (Å²) in [5, 5.41) is 3.26. The van der Waals surface area contributed by atoms with Crippen molar-refractivity contribution >= 4 is 5.91 Å². The first kappa shape index (κ1) is 12.8. The number of rotatable bonds is 3. The number of nitrogens with zero attached hydrogens (tertiary/aromatic N) is 1. The molecule has 0 radical (unpaired) electrons. The van der Waals surface area contributed by atoms with Crippen molar-refractivity contribution in [2.75, 3.05) is 19.7 Å². The van der Waals surface area contributed by atoms with Crippen LogP contribution in [0.2, 0.25) is 0 Å². The highest BCUT2D eigenvalue weighted by molar-refractivity contribution is 5.84. The van der Waals surface area contributed by atoms with Gasteiger partial charge in [0.25, 0.3) is 0 Å². The Balaban J connectivity index is 1.97. The van der Waals surface area contributed by atoms with Gasteiger partial charge in [-0.25, -0.2) is 0 Å². The van der Waals surface area contributed by atoms with Crippen LogP contribution in [0.3, 0.4) is 0 Å². The minimum atomic E-state index is -0.0839. The van der Waals surface area contributed by atoms with E-state index in [4.69, 9.17) is 4.74 Å². The minimum absolute atomic E-state index is 0.0472. The first-order chi connectivity index (χ1) is 8.03. The summed E-state index contributed by atoms with van der Waals surface area (Å²) >= 11 is 0. The molecular formula is C13H24N2O2. The van der Waals surface area contributed by atoms with E-state index in [1.54, 1.807) is 0 Å². The van der Waals surface area contributed by atoms with E-state index < -0.39 is 0 Å². The standard InChI is InChI=1S/C13H24N2O2/c1-4-14-11-5-7-15(12(11)16)10-6-8-17-13(2,3)9-10/h10-11,14H,4-9H2,1-3H3. The fourth-order valence-electron chi connectivity index (χ4n) is 2.97. The van der Waals surface area contributed by atoms with Crippen LogP contribution in [0.4, 0.5) is 0 Å². The van der Waals surface area contributed by atoms with E-state index in [9.17, 15) is 4.79 Å². The molecule has 2 unspecified atom stereocenters. The van der Waals surface area contributed by atoms with E-state index in [1.165, 1.54) is 0 Å². The summed E-state index contributed by atoms with van der Waals surface area (Å²) < 4.78 is 5.71. The molecule has 0 saturated carbocycles. The molecule has 1 amide bonds. The van der Waals surface area contributed by atoms with Gasteiger partial charge in [0, 0.05) is 19.2 Å². The summed E-state index contributed by atoms with van der Waals surface area (Å²) in [6.45, 7) is 8.81. The maximum Gasteiger partial charge on any atom is 0.240 e. The summed E-state index contributed by atoms with van der Waals surface area (Å²) in [4.78, 5) is 14.3. The van der Waals surface area contributed by atoms with Crippen LogP contribution in [0.1, 0.15) is 40.0 Å². The van der Waals surface area contributed by atoms with Gasteiger partial charge in [-0.15, -0.1) is 0 Å². The Morgan fingerprint density at radius 1 is 1.47 bits per heavy atom. The van der Waals surface area contributed by atoms with Crippen LogP contribution < -0.4 is 5.32 Å². The molecule has 17 heavy (non-hydrogen) atoms. The summed E-state index contributed by atoms with van der Waals surface area (Å²) in [6.07, 6.45) is 2.88. The second-order valence-electron chi connectivity index (χ2n) is 5.69. The summed E-state index contributed by atoms with van der Waals surface area (Å²) in [5.41, 5.74) is -0.0839. The molecule has 0 aliphatic carbocycles. The highest BCUT2D eigenvalue weighted by Gasteiger charge is 2.39. The van der Waals surface area contributed by atoms with Gasteiger partial charge in [-0.3, -0.25) is 4.79 Å². The Hall–Kier alpha value is -0.610. The van der Waals surface area contributed by atoms with Crippen molar-refractivity contribution < 1.29 is 9.53 Å². The van der Waals surface area contributed by atoms with Gasteiger partial charge in [-0.05, 0) is 39.7 Å². The first-order valence-electron chi connectivity index (χ1n) is 6.71. The number of likely N-dealkylation sites (N-methyl/N-ethyl adjacent to an activating group) is 1. The molecule has 0 aromatic rings. The van der Waals surface area contributed by atoms with E-state index >= 15 is 0 Å². The third-order valence-corrected chi connectivity index (χ3v) is 3.80. The van der Waals surface area contributed by atoms with Crippen LogP contribution in [0.15, 0.2) is 0 Å². The summed E-state index contributed by atoms with van der Waals surface area (Å²) in [5.74, 6) is 0.287. The zero-order valence-corrected chi connectivity index (χ0v) is 11.2. The fourth-order valence-corrected chi connectivity index (χ4v) is 2.97. The molecule has 2 atom stereocenters. The molecule has 4 heteroatoms. The Kier molecular flexibility index (Phi) is 3.73. The number of amides is 1. The molecule has 4 nitrogen and oxygen atoms in total. The maximum atomic E-state index is 12.2. The van der Waals surface area contributed by atoms with Crippen molar-refractivity contribution in [1.82, 2.24) is 10.2 Å². The van der Waals surface area contributed by atoms with Crippen molar-refractivity contribution in [2.45, 2.75) is 57.7 Å². The second-order valence-corrected chi connectivity index (χ2v) is 5.69. The van der Waals surface area contributed by atoms with Crippen LogP contribution in [0.25, 0.3) is 0 Å². The van der Waals surface area contributed by atoms with Gasteiger partial charge < -0.3 is 15.0 Å². The molecule has 0 spiro atoms. The average molecular weight is 240 g/mol. The average Bonchev–Trinajstić information content (AvgIpc) is 2.60. The normalized spacial score (nSPS) is 33.1. The highest BCUT2D eigenvalue weighted by Crippen LogP contribution is 2.29. The quantitative estimate of drug-likeness (QED) is 0.804. The smallest absolute Gasteiger partial charge is 0.240 e. The third kappa shape index (κ3) is 2.80. The van der Waals surface area contributed by atoms with Crippen molar-refractivity contribution in [2.24, 2.45) is 0 Å². The predicted octanol–water partition coefficient (Wildman–Crippen LogP) is 1.15. The predicted molar refractivity (Wildman–Crippen MR) is 66.8 cm³/mol. The van der Waals surface area contributed by atoms with Gasteiger partial charge in [0.2, 0.25) is 5.91 Å². The largest absolute Gasteiger partial charge is 0.375 e. The molecule has 2 fully saturated rings. The number of hydrogen-bond donors (Lipinski definition) is 1. The van der Waals surface area contributed by atoms with E-state index in [0.29, 0.717) is 6.04 Å². The minimum Gasteiger partial charge on any atom is -0.375 e. The van der Waals surface area contributed by atoms with Crippen LogP contribution in [-0.4, -0.2) is 48.2 Å². The lowest BCUT2D eigenvalue weighted by molar-refractivity contribution is -0.137. The summed E-state index contributed by atoms with van der Waals surface area (Å²) in [6, 6.07) is 0.417. The molecule has 2 aliphatic rings. The Labute approximate surface area is 104 Å². The monoisotopic (exact) mass is 240 g/mol. The number of carbonyl (C=O) groups excluding carboxylic acids is 1. The number of hydrogen-bond acceptors (Lipinski definition) is 3. The molecule has 0 aromatic heterocycles. The van der Waals surface area contributed by atoms with E-state index in [2.05, 4.69) is 24.1 Å². The molecule has 0 bridgehead atoms. The zero-order valence-electron chi connectivity index (χ0n) is 11.2. The van der Waals surface area contributed by atoms with Crippen molar-refractivity contribution in [1.29, 1.82) is 0 Å². The Morgan fingerprint density at radius 3 is 2.88 bits per heavy atom. The SMILES string of the molecule is CCNC1CCN(C2CCOC(C)(C)C2)C1=O. The number of carbonyl (C=O) groups is 1. The van der Waals surface area contributed by atoms with Crippen LogP contribution >= 0.6 is 0 Å². The molecular weight excluding hydrogens is 216 g/mol. The highest BCUT2D eigenvalue weighted by atomic mass is 16.5. The van der Waals surface area contributed by atoms with Gasteiger partial charge in [0.05, 0.1) is 11.6 Å². The number of nitrogens with one attached hydrogen (secondary N) is 1. The van der Waals surface area contributed by atoms with Crippen molar-refractivity contribution in [3.8, 4) is 0 Å². The molecule has 2 aliphatic heterocycles. The first-order valence-corrected chi connectivity index (χ1v) is 6.71. The Morgan fingerprint density at radius 2 is 2.24 bits per heavy atom. The topological polar surface area (TPSA) is 41.6 Å². The van der Waals surface area contributed by atoms with E-state index in [1.807, 2.05) is 6.92 Å². The van der Waals surface area contributed by atoms with Crippen LogP contribution in [0.5, 0.6) is 0 Å². The zero-order chi connectivity index (χ0) is 12.5. The fraction of sp³-hybridized carbons (Fsp3) is 0.923. The lowest BCUT2D eigenvalue weighted by atomic mass is 9.93. The lowest BCUT2D eigenvalue weighted by Gasteiger charge is -2.39. The van der Waals surface area contributed by atoms with Gasteiger partial charge in [-0.1, -0.05) is 6.92 Å². The third-order valence-electron chi connectivity index (χ3n) is 3.80. The van der Waals surface area contributed by atoms with Gasteiger partial charge in [-0.2, -0.15) is 0 Å². The second kappa shape index (κ2) is 4.94. The van der Waals surface area contributed by atoms with Crippen molar-refractivity contribution in [3.63, 3.8) is 0 Å². The van der Waals surface area contributed by atoms with Crippen LogP contribution in [-0.2, 0) is 9.53 Å². The molecule has 98 valence electrons. The molecule has 1 N–H and O–H groups in total. The molecule has 2 heterocycles. The van der Waals surface area contributed by atoms with E-state index in [0.717, 1.165) is 39.0 Å². The van der Waals surface area contributed by atoms with Gasteiger partial charge >= 0.3 is 0 Å². The Bertz CT molecular complexity index is 291. The molecule has 2 saturated heterocycles. The maximum absolute atomic E-state index is 12.2. The van der Waals surface area contributed by atoms with E-state index in [-0.39, 0.29) is 17.6 Å². The molecule has 2 rings (SSSR count). The molecule has 0 aromatic carbocycles. The number of ether oxygens (including phenoxy) is 1. The van der Waals surface area contributed by atoms with Crippen LogP contribution in [0, 0.1) is 0 Å². The summed E-state index contributed by atoms with van der Waals surface area (Å²) in [7, 11) is 0. The van der Waals surface area contributed by atoms with Gasteiger partial charge in [0.1, 0.15) is 0 Å². The van der Waals surface area contributed by atoms with Crippen molar-refractivity contribution in [3.05, 3.63) is 0 Å². The lowest BCUT2D eigenvalue weighted by Crippen LogP contribution is -2.48. The van der Waals surface area contributed by atoms with Gasteiger partial charge in [0.15, 0.2) is 0 Å².